The molecule has 0 spiro atoms. The summed E-state index contributed by atoms with van der Waals surface area (Å²) in [5.74, 6) is 0. The molecule has 0 aliphatic heterocycles. The first-order valence-electron chi connectivity index (χ1n) is 6.90. The van der Waals surface area contributed by atoms with Crippen molar-refractivity contribution in [2.24, 2.45) is 0 Å². The van der Waals surface area contributed by atoms with Crippen molar-refractivity contribution in [1.82, 2.24) is 14.3 Å². The van der Waals surface area contributed by atoms with Crippen LogP contribution in [0.4, 0.5) is 0 Å². The van der Waals surface area contributed by atoms with Gasteiger partial charge in [-0.05, 0) is 25.5 Å². The van der Waals surface area contributed by atoms with Crippen LogP contribution < -0.4 is 11.4 Å². The Morgan fingerprint density at radius 1 is 1.36 bits per heavy atom. The minimum Gasteiger partial charge on any atom is -0.390 e. The van der Waals surface area contributed by atoms with E-state index in [2.05, 4.69) is 18.3 Å². The van der Waals surface area contributed by atoms with Gasteiger partial charge < -0.3 is 5.11 Å². The highest BCUT2D eigenvalue weighted by atomic mass is 16.3. The molecule has 0 aliphatic rings. The summed E-state index contributed by atoms with van der Waals surface area (Å²) in [6.07, 6.45) is 0.940. The number of aromatic nitrogens is 3. The molecule has 1 aromatic carbocycles. The normalized spacial score (nSPS) is 13.5. The molecule has 6 nitrogen and oxygen atoms in total. The summed E-state index contributed by atoms with van der Waals surface area (Å²) in [6, 6.07) is 7.88. The van der Waals surface area contributed by atoms with Gasteiger partial charge in [-0.3, -0.25) is 0 Å². The summed E-state index contributed by atoms with van der Waals surface area (Å²) >= 11 is 0. The average Bonchev–Trinajstić information content (AvgIpc) is 2.75. The Balaban J connectivity index is 2.58. The summed E-state index contributed by atoms with van der Waals surface area (Å²) in [4.78, 5) is 24.7. The molecule has 2 aromatic rings. The third-order valence-electron chi connectivity index (χ3n) is 3.39. The second-order valence-electron chi connectivity index (χ2n) is 5.12. The Bertz CT molecular complexity index is 783. The SMILES string of the molecule is C=CC[C@H](O)[C@H](C(=C)C)n1[nH]c(=O)n(-c2ccccc2)c1=O. The second kappa shape index (κ2) is 6.44. The van der Waals surface area contributed by atoms with Gasteiger partial charge in [-0.25, -0.2) is 23.9 Å². The molecule has 0 saturated heterocycles. The summed E-state index contributed by atoms with van der Waals surface area (Å²) in [6.45, 7) is 9.07. The summed E-state index contributed by atoms with van der Waals surface area (Å²) in [5.41, 5.74) is -0.0790. The smallest absolute Gasteiger partial charge is 0.352 e. The lowest BCUT2D eigenvalue weighted by Gasteiger charge is -2.22. The van der Waals surface area contributed by atoms with Crippen LogP contribution in [0.25, 0.3) is 5.69 Å². The van der Waals surface area contributed by atoms with E-state index in [-0.39, 0.29) is 6.42 Å². The van der Waals surface area contributed by atoms with Crippen molar-refractivity contribution < 1.29 is 5.11 Å². The van der Waals surface area contributed by atoms with Gasteiger partial charge in [0.1, 0.15) is 6.04 Å². The molecule has 0 aliphatic carbocycles. The number of benzene rings is 1. The van der Waals surface area contributed by atoms with Gasteiger partial charge in [0.15, 0.2) is 0 Å². The maximum atomic E-state index is 12.6. The molecule has 2 rings (SSSR count). The monoisotopic (exact) mass is 301 g/mol. The zero-order chi connectivity index (χ0) is 16.3. The minimum absolute atomic E-state index is 0.280. The molecule has 2 atom stereocenters. The van der Waals surface area contributed by atoms with Crippen LogP contribution in [0.15, 0.2) is 64.7 Å². The number of hydrogen-bond donors (Lipinski definition) is 2. The number of aliphatic hydroxyl groups is 1. The highest BCUT2D eigenvalue weighted by Gasteiger charge is 2.25. The average molecular weight is 301 g/mol. The molecule has 2 N–H and O–H groups in total. The van der Waals surface area contributed by atoms with Crippen molar-refractivity contribution in [3.05, 3.63) is 76.1 Å². The lowest BCUT2D eigenvalue weighted by atomic mass is 10.0. The number of para-hydroxylation sites is 1. The first kappa shape index (κ1) is 15.8. The van der Waals surface area contributed by atoms with Crippen molar-refractivity contribution in [3.8, 4) is 5.69 Å². The number of rotatable bonds is 6. The molecular formula is C16H19N3O3. The predicted octanol–water partition coefficient (Wildman–Crippen LogP) is 1.38. The fourth-order valence-corrected chi connectivity index (χ4v) is 2.41. The van der Waals surface area contributed by atoms with E-state index >= 15 is 0 Å². The molecule has 0 radical (unpaired) electrons. The quantitative estimate of drug-likeness (QED) is 0.791. The van der Waals surface area contributed by atoms with Crippen LogP contribution in [-0.2, 0) is 0 Å². The van der Waals surface area contributed by atoms with Crippen LogP contribution in [0.1, 0.15) is 19.4 Å². The van der Waals surface area contributed by atoms with Gasteiger partial charge in [0.2, 0.25) is 0 Å². The van der Waals surface area contributed by atoms with Crippen LogP contribution in [-0.4, -0.2) is 25.6 Å². The van der Waals surface area contributed by atoms with Crippen molar-refractivity contribution in [2.45, 2.75) is 25.5 Å². The highest BCUT2D eigenvalue weighted by Crippen LogP contribution is 2.20. The molecule has 6 heteroatoms. The van der Waals surface area contributed by atoms with Crippen LogP contribution in [0, 0.1) is 0 Å². The molecule has 1 heterocycles. The van der Waals surface area contributed by atoms with Crippen LogP contribution in [0.2, 0.25) is 0 Å². The topological polar surface area (TPSA) is 80.0 Å². The van der Waals surface area contributed by atoms with Crippen molar-refractivity contribution in [1.29, 1.82) is 0 Å². The Kier molecular flexibility index (Phi) is 4.62. The fraction of sp³-hybridized carbons (Fsp3) is 0.250. The lowest BCUT2D eigenvalue weighted by Crippen LogP contribution is -2.34. The molecular weight excluding hydrogens is 282 g/mol. The number of aliphatic hydroxyl groups excluding tert-OH is 1. The fourth-order valence-electron chi connectivity index (χ4n) is 2.41. The summed E-state index contributed by atoms with van der Waals surface area (Å²) in [7, 11) is 0. The number of aromatic amines is 1. The number of nitrogens with zero attached hydrogens (tertiary/aromatic N) is 2. The maximum Gasteiger partial charge on any atom is 0.352 e. The molecule has 116 valence electrons. The summed E-state index contributed by atoms with van der Waals surface area (Å²) in [5, 5.41) is 12.7. The number of nitrogens with one attached hydrogen (secondary N) is 1. The molecule has 0 bridgehead atoms. The van der Waals surface area contributed by atoms with Gasteiger partial charge in [-0.2, -0.15) is 0 Å². The standard InChI is InChI=1S/C16H19N3O3/c1-4-8-13(20)14(11(2)3)19-16(22)18(15(21)17-19)12-9-6-5-7-10-12/h4-7,9-10,13-14,20H,1-2,8H2,3H3,(H,17,21)/t13-,14-/m0/s1. The first-order valence-corrected chi connectivity index (χ1v) is 6.90. The van der Waals surface area contributed by atoms with E-state index in [1.807, 2.05) is 0 Å². The second-order valence-corrected chi connectivity index (χ2v) is 5.12. The molecule has 0 fully saturated rings. The van der Waals surface area contributed by atoms with Gasteiger partial charge in [-0.15, -0.1) is 6.58 Å². The van der Waals surface area contributed by atoms with Gasteiger partial charge >= 0.3 is 11.4 Å². The zero-order valence-electron chi connectivity index (χ0n) is 12.4. The number of hydrogen-bond acceptors (Lipinski definition) is 3. The Hall–Kier alpha value is -2.60. The lowest BCUT2D eigenvalue weighted by molar-refractivity contribution is 0.123. The van der Waals surface area contributed by atoms with Gasteiger partial charge in [0.25, 0.3) is 0 Å². The highest BCUT2D eigenvalue weighted by molar-refractivity contribution is 5.30. The Morgan fingerprint density at radius 2 is 2.00 bits per heavy atom. The van der Waals surface area contributed by atoms with Crippen LogP contribution >= 0.6 is 0 Å². The zero-order valence-corrected chi connectivity index (χ0v) is 12.4. The molecule has 0 amide bonds. The van der Waals surface area contributed by atoms with E-state index < -0.39 is 23.5 Å². The van der Waals surface area contributed by atoms with E-state index in [0.29, 0.717) is 11.3 Å². The van der Waals surface area contributed by atoms with Gasteiger partial charge in [0.05, 0.1) is 11.8 Å². The van der Waals surface area contributed by atoms with Gasteiger partial charge in [-0.1, -0.05) is 36.4 Å². The molecule has 0 unspecified atom stereocenters. The Morgan fingerprint density at radius 3 is 2.55 bits per heavy atom. The largest absolute Gasteiger partial charge is 0.390 e. The maximum absolute atomic E-state index is 12.6. The number of H-pyrrole nitrogens is 1. The summed E-state index contributed by atoms with van der Waals surface area (Å²) < 4.78 is 2.14. The van der Waals surface area contributed by atoms with Crippen molar-refractivity contribution in [2.75, 3.05) is 0 Å². The van der Waals surface area contributed by atoms with E-state index in [1.165, 1.54) is 0 Å². The third kappa shape index (κ3) is 2.87. The van der Waals surface area contributed by atoms with E-state index in [1.54, 1.807) is 43.3 Å². The minimum atomic E-state index is -0.894. The van der Waals surface area contributed by atoms with E-state index in [4.69, 9.17) is 0 Å². The molecule has 22 heavy (non-hydrogen) atoms. The van der Waals surface area contributed by atoms with Crippen molar-refractivity contribution >= 4 is 0 Å². The van der Waals surface area contributed by atoms with Gasteiger partial charge in [0, 0.05) is 0 Å². The van der Waals surface area contributed by atoms with Crippen LogP contribution in [0.5, 0.6) is 0 Å². The molecule has 0 saturated carbocycles. The predicted molar refractivity (Wildman–Crippen MR) is 85.3 cm³/mol. The first-order chi connectivity index (χ1) is 10.5. The Labute approximate surface area is 127 Å². The molecule has 1 aromatic heterocycles. The third-order valence-corrected chi connectivity index (χ3v) is 3.39. The van der Waals surface area contributed by atoms with E-state index in [0.717, 1.165) is 9.25 Å². The van der Waals surface area contributed by atoms with Crippen molar-refractivity contribution in [3.63, 3.8) is 0 Å². The van der Waals surface area contributed by atoms with Crippen LogP contribution in [0.3, 0.4) is 0 Å². The van der Waals surface area contributed by atoms with E-state index in [9.17, 15) is 14.7 Å².